The Labute approximate surface area is 102 Å². The number of para-hydroxylation sites is 1. The minimum atomic E-state index is -2.89. The number of halogens is 1. The van der Waals surface area contributed by atoms with Gasteiger partial charge in [0.15, 0.2) is 0 Å². The molecular weight excluding hydrogens is 246 g/mol. The van der Waals surface area contributed by atoms with Gasteiger partial charge in [0.25, 0.3) is 0 Å². The smallest absolute Gasteiger partial charge is 0.360 e. The third kappa shape index (κ3) is 2.56. The summed E-state index contributed by atoms with van der Waals surface area (Å²) in [5.74, 6) is 0. The second-order valence-corrected chi connectivity index (χ2v) is 6.07. The number of hydrogen-bond donors (Lipinski definition) is 0. The van der Waals surface area contributed by atoms with Gasteiger partial charge in [0.2, 0.25) is 0 Å². The molecule has 0 amide bonds. The van der Waals surface area contributed by atoms with Gasteiger partial charge in [-0.3, -0.25) is 0 Å². The van der Waals surface area contributed by atoms with Gasteiger partial charge in [-0.2, -0.15) is 0 Å². The molecule has 0 aliphatic rings. The Balaban J connectivity index is 3.05. The molecule has 1 rings (SSSR count). The fraction of sp³-hybridized carbons (Fsp3) is 0.400. The largest absolute Gasteiger partial charge is 0.633 e. The van der Waals surface area contributed by atoms with Crippen LogP contribution in [0.4, 0.5) is 5.69 Å². The minimum absolute atomic E-state index is 0.242. The molecule has 1 aromatic carbocycles. The van der Waals surface area contributed by atoms with Crippen LogP contribution in [-0.4, -0.2) is 36.3 Å². The molecule has 0 spiro atoms. The zero-order valence-electron chi connectivity index (χ0n) is 9.64. The minimum Gasteiger partial charge on any atom is -0.360 e. The lowest BCUT2D eigenvalue weighted by Crippen LogP contribution is -2.59. The van der Waals surface area contributed by atoms with E-state index in [4.69, 9.17) is 24.9 Å². The van der Waals surface area contributed by atoms with E-state index in [0.29, 0.717) is 0 Å². The first-order valence-electron chi connectivity index (χ1n) is 4.78. The van der Waals surface area contributed by atoms with E-state index in [0.717, 1.165) is 5.69 Å². The molecule has 0 bridgehead atoms. The Bertz CT molecular complexity index is 300. The molecule has 6 heteroatoms. The topological polar surface area (TPSA) is 30.9 Å². The van der Waals surface area contributed by atoms with E-state index in [-0.39, 0.29) is 6.00 Å². The van der Waals surface area contributed by atoms with Gasteiger partial charge in [0.05, 0.1) is 6.00 Å². The monoisotopic (exact) mass is 261 g/mol. The maximum atomic E-state index is 5.94. The van der Waals surface area contributed by atoms with E-state index >= 15 is 0 Å². The summed E-state index contributed by atoms with van der Waals surface area (Å²) in [6.45, 7) is 0. The van der Waals surface area contributed by atoms with Gasteiger partial charge in [-0.15, -0.1) is 11.6 Å². The van der Waals surface area contributed by atoms with Gasteiger partial charge in [-0.25, -0.2) is 0 Å². The van der Waals surface area contributed by atoms with Crippen molar-refractivity contribution >= 4 is 26.3 Å². The molecule has 0 saturated heterocycles. The third-order valence-corrected chi connectivity index (χ3v) is 5.36. The molecule has 1 aromatic rings. The van der Waals surface area contributed by atoms with Crippen LogP contribution in [0.2, 0.25) is 0 Å². The van der Waals surface area contributed by atoms with E-state index in [2.05, 4.69) is 0 Å². The van der Waals surface area contributed by atoms with E-state index < -0.39 is 8.97 Å². The van der Waals surface area contributed by atoms with Crippen molar-refractivity contribution in [2.45, 2.75) is 0 Å². The summed E-state index contributed by atoms with van der Waals surface area (Å²) < 4.78 is 17.9. The highest BCUT2D eigenvalue weighted by Gasteiger charge is 2.47. The molecular formula is C10H16ClNO3Si. The van der Waals surface area contributed by atoms with E-state index in [9.17, 15) is 0 Å². The zero-order chi connectivity index (χ0) is 12.0. The van der Waals surface area contributed by atoms with Crippen molar-refractivity contribution in [2.24, 2.45) is 0 Å². The van der Waals surface area contributed by atoms with Crippen LogP contribution in [0.25, 0.3) is 0 Å². The summed E-state index contributed by atoms with van der Waals surface area (Å²) in [7, 11) is 1.79. The molecule has 4 nitrogen and oxygen atoms in total. The summed E-state index contributed by atoms with van der Waals surface area (Å²) in [5, 5.41) is 0. The molecule has 0 heterocycles. The van der Waals surface area contributed by atoms with Crippen LogP contribution < -0.4 is 4.57 Å². The van der Waals surface area contributed by atoms with Gasteiger partial charge in [0, 0.05) is 27.0 Å². The van der Waals surface area contributed by atoms with Gasteiger partial charge >= 0.3 is 8.97 Å². The SMILES string of the molecule is CO[Si](OC)(OC)N(CCl)c1ccccc1. The Kier molecular flexibility index (Phi) is 5.24. The van der Waals surface area contributed by atoms with Crippen molar-refractivity contribution in [3.05, 3.63) is 30.3 Å². The molecule has 0 unspecified atom stereocenters. The number of anilines is 1. The first-order valence-corrected chi connectivity index (χ1v) is 6.98. The van der Waals surface area contributed by atoms with Crippen molar-refractivity contribution < 1.29 is 13.3 Å². The third-order valence-electron chi connectivity index (χ3n) is 2.29. The van der Waals surface area contributed by atoms with E-state index in [1.165, 1.54) is 0 Å². The highest BCUT2D eigenvalue weighted by Crippen LogP contribution is 2.23. The second kappa shape index (κ2) is 6.22. The summed E-state index contributed by atoms with van der Waals surface area (Å²) in [5.41, 5.74) is 0.912. The van der Waals surface area contributed by atoms with Crippen LogP contribution in [0.15, 0.2) is 30.3 Å². The van der Waals surface area contributed by atoms with Crippen molar-refractivity contribution in [1.82, 2.24) is 0 Å². The Morgan fingerprint density at radius 1 is 1.06 bits per heavy atom. The molecule has 90 valence electrons. The first-order chi connectivity index (χ1) is 7.74. The first kappa shape index (κ1) is 13.5. The van der Waals surface area contributed by atoms with E-state index in [1.54, 1.807) is 25.9 Å². The summed E-state index contributed by atoms with van der Waals surface area (Å²) >= 11 is 5.94. The fourth-order valence-electron chi connectivity index (χ4n) is 1.49. The Morgan fingerprint density at radius 2 is 1.56 bits per heavy atom. The van der Waals surface area contributed by atoms with Crippen molar-refractivity contribution in [1.29, 1.82) is 0 Å². The average molecular weight is 262 g/mol. The summed E-state index contributed by atoms with van der Waals surface area (Å²) in [4.78, 5) is 0. The molecule has 0 radical (unpaired) electrons. The van der Waals surface area contributed by atoms with Gasteiger partial charge in [-0.05, 0) is 12.1 Å². The molecule has 0 atom stereocenters. The van der Waals surface area contributed by atoms with Crippen LogP contribution in [0, 0.1) is 0 Å². The van der Waals surface area contributed by atoms with Gasteiger partial charge < -0.3 is 17.8 Å². The molecule has 0 N–H and O–H groups in total. The standard InChI is InChI=1S/C10H16ClNO3Si/c1-13-16(14-2,15-3)12(9-11)10-7-5-4-6-8-10/h4-8H,9H2,1-3H3. The highest BCUT2D eigenvalue weighted by molar-refractivity contribution is 6.66. The maximum Gasteiger partial charge on any atom is 0.633 e. The predicted molar refractivity (Wildman–Crippen MR) is 66.4 cm³/mol. The van der Waals surface area contributed by atoms with Crippen LogP contribution >= 0.6 is 11.6 Å². The van der Waals surface area contributed by atoms with Crippen LogP contribution in [0.5, 0.6) is 0 Å². The average Bonchev–Trinajstić information content (AvgIpc) is 2.37. The van der Waals surface area contributed by atoms with Crippen molar-refractivity contribution in [2.75, 3.05) is 31.9 Å². The molecule has 16 heavy (non-hydrogen) atoms. The lowest BCUT2D eigenvalue weighted by molar-refractivity contribution is 0.122. The highest BCUT2D eigenvalue weighted by atomic mass is 35.5. The number of alkyl halides is 1. The van der Waals surface area contributed by atoms with Gasteiger partial charge in [-0.1, -0.05) is 18.2 Å². The van der Waals surface area contributed by atoms with Gasteiger partial charge in [0.1, 0.15) is 0 Å². The molecule has 0 fully saturated rings. The quantitative estimate of drug-likeness (QED) is 0.446. The fourth-order valence-corrected chi connectivity index (χ4v) is 3.84. The normalized spacial score (nSPS) is 11.5. The van der Waals surface area contributed by atoms with Crippen LogP contribution in [0.1, 0.15) is 0 Å². The van der Waals surface area contributed by atoms with Crippen LogP contribution in [0.3, 0.4) is 0 Å². The number of nitrogens with zero attached hydrogens (tertiary/aromatic N) is 1. The maximum absolute atomic E-state index is 5.94. The van der Waals surface area contributed by atoms with Crippen molar-refractivity contribution in [3.8, 4) is 0 Å². The Morgan fingerprint density at radius 3 is 1.94 bits per heavy atom. The predicted octanol–water partition coefficient (Wildman–Crippen LogP) is 2.06. The number of rotatable bonds is 6. The number of benzene rings is 1. The second-order valence-electron chi connectivity index (χ2n) is 3.02. The van der Waals surface area contributed by atoms with E-state index in [1.807, 2.05) is 30.3 Å². The van der Waals surface area contributed by atoms with Crippen molar-refractivity contribution in [3.63, 3.8) is 0 Å². The van der Waals surface area contributed by atoms with Crippen LogP contribution in [-0.2, 0) is 13.3 Å². The lowest BCUT2D eigenvalue weighted by atomic mass is 10.3. The lowest BCUT2D eigenvalue weighted by Gasteiger charge is -2.35. The zero-order valence-corrected chi connectivity index (χ0v) is 11.4. The molecule has 0 aromatic heterocycles. The summed E-state index contributed by atoms with van der Waals surface area (Å²) in [6, 6.07) is 9.89. The Hall–Kier alpha value is -0.593. The molecule has 0 saturated carbocycles. The number of hydrogen-bond acceptors (Lipinski definition) is 4. The summed E-state index contributed by atoms with van der Waals surface area (Å²) in [6.07, 6.45) is 0. The molecule has 0 aliphatic carbocycles. The molecule has 0 aliphatic heterocycles.